The summed E-state index contributed by atoms with van der Waals surface area (Å²) >= 11 is 11.0. The minimum Gasteiger partial charge on any atom is -0.332 e. The van der Waals surface area contributed by atoms with Crippen LogP contribution in [0.2, 0.25) is 5.02 Å². The van der Waals surface area contributed by atoms with Crippen LogP contribution in [0.1, 0.15) is 15.9 Å². The number of anilines is 2. The second-order valence-corrected chi connectivity index (χ2v) is 7.07. The number of benzene rings is 3. The van der Waals surface area contributed by atoms with Crippen LogP contribution in [0.25, 0.3) is 6.08 Å². The fourth-order valence-electron chi connectivity index (χ4n) is 2.53. The van der Waals surface area contributed by atoms with Crippen LogP contribution in [0, 0.1) is 0 Å². The molecule has 30 heavy (non-hydrogen) atoms. The van der Waals surface area contributed by atoms with Gasteiger partial charge in [-0.1, -0.05) is 48.0 Å². The molecule has 3 N–H and O–H groups in total. The smallest absolute Gasteiger partial charge is 0.255 e. The molecule has 0 heterocycles. The zero-order valence-electron chi connectivity index (χ0n) is 15.8. The van der Waals surface area contributed by atoms with E-state index < -0.39 is 0 Å². The molecule has 0 radical (unpaired) electrons. The van der Waals surface area contributed by atoms with E-state index in [1.807, 2.05) is 6.07 Å². The minimum atomic E-state index is -0.365. The fourth-order valence-corrected chi connectivity index (χ4v) is 2.87. The second kappa shape index (κ2) is 10.3. The van der Waals surface area contributed by atoms with E-state index in [0.717, 1.165) is 5.56 Å². The molecule has 0 fully saturated rings. The summed E-state index contributed by atoms with van der Waals surface area (Å²) in [6.45, 7) is 0. The van der Waals surface area contributed by atoms with Crippen molar-refractivity contribution in [3.63, 3.8) is 0 Å². The maximum atomic E-state index is 12.3. The summed E-state index contributed by atoms with van der Waals surface area (Å²) in [7, 11) is 0. The van der Waals surface area contributed by atoms with Gasteiger partial charge in [-0.2, -0.15) is 0 Å². The predicted octanol–water partition coefficient (Wildman–Crippen LogP) is 5.12. The number of carbonyl (C=O) groups is 2. The lowest BCUT2D eigenvalue weighted by molar-refractivity contribution is -0.115. The number of thiocarbonyl (C=S) groups is 1. The molecule has 3 aromatic carbocycles. The zero-order chi connectivity index (χ0) is 21.3. The highest BCUT2D eigenvalue weighted by molar-refractivity contribution is 7.80. The van der Waals surface area contributed by atoms with Crippen molar-refractivity contribution in [2.24, 2.45) is 0 Å². The third-order valence-corrected chi connectivity index (χ3v) is 4.40. The standard InChI is InChI=1S/C23H18ClN3O2S/c24-18-12-9-16(10-13-18)11-14-21(28)27-23(30)26-20-8-4-7-19(15-20)25-22(29)17-5-2-1-3-6-17/h1-15H,(H,25,29)(H2,26,27,28,30)/b14-11+. The van der Waals surface area contributed by atoms with Crippen molar-refractivity contribution >= 4 is 58.2 Å². The van der Waals surface area contributed by atoms with Gasteiger partial charge in [0.25, 0.3) is 5.91 Å². The van der Waals surface area contributed by atoms with Gasteiger partial charge in [0, 0.05) is 28.0 Å². The number of amides is 2. The van der Waals surface area contributed by atoms with E-state index in [1.165, 1.54) is 6.08 Å². The summed E-state index contributed by atoms with van der Waals surface area (Å²) in [5, 5.41) is 9.11. The first-order chi connectivity index (χ1) is 14.5. The quantitative estimate of drug-likeness (QED) is 0.384. The molecule has 0 aromatic heterocycles. The lowest BCUT2D eigenvalue weighted by atomic mass is 10.2. The largest absolute Gasteiger partial charge is 0.332 e. The molecule has 0 aliphatic rings. The van der Waals surface area contributed by atoms with Gasteiger partial charge in [0.15, 0.2) is 5.11 Å². The molecule has 0 aliphatic heterocycles. The molecule has 150 valence electrons. The Morgan fingerprint density at radius 1 is 0.833 bits per heavy atom. The van der Waals surface area contributed by atoms with Crippen molar-refractivity contribution in [2.75, 3.05) is 10.6 Å². The first-order valence-corrected chi connectivity index (χ1v) is 9.80. The van der Waals surface area contributed by atoms with Crippen LogP contribution in [-0.4, -0.2) is 16.9 Å². The van der Waals surface area contributed by atoms with Crippen molar-refractivity contribution in [1.29, 1.82) is 0 Å². The van der Waals surface area contributed by atoms with Crippen LogP contribution in [-0.2, 0) is 4.79 Å². The molecule has 0 unspecified atom stereocenters. The molecule has 0 bridgehead atoms. The lowest BCUT2D eigenvalue weighted by Gasteiger charge is -2.10. The number of carbonyl (C=O) groups excluding carboxylic acids is 2. The molecule has 7 heteroatoms. The SMILES string of the molecule is O=C(/C=C/c1ccc(Cl)cc1)NC(=S)Nc1cccc(NC(=O)c2ccccc2)c1. The van der Waals surface area contributed by atoms with Crippen molar-refractivity contribution < 1.29 is 9.59 Å². The Hall–Kier alpha value is -3.48. The molecule has 0 saturated carbocycles. The molecule has 0 spiro atoms. The molecule has 0 atom stereocenters. The molecule has 0 saturated heterocycles. The van der Waals surface area contributed by atoms with Gasteiger partial charge in [0.05, 0.1) is 0 Å². The second-order valence-electron chi connectivity index (χ2n) is 6.23. The van der Waals surface area contributed by atoms with Crippen LogP contribution in [0.3, 0.4) is 0 Å². The molecule has 3 aromatic rings. The van der Waals surface area contributed by atoms with Crippen LogP contribution >= 0.6 is 23.8 Å². The Labute approximate surface area is 184 Å². The summed E-state index contributed by atoms with van der Waals surface area (Å²) in [6.07, 6.45) is 3.04. The van der Waals surface area contributed by atoms with Gasteiger partial charge in [-0.25, -0.2) is 0 Å². The van der Waals surface area contributed by atoms with Crippen molar-refractivity contribution in [2.45, 2.75) is 0 Å². The highest BCUT2D eigenvalue weighted by atomic mass is 35.5. The number of hydrogen-bond donors (Lipinski definition) is 3. The first-order valence-electron chi connectivity index (χ1n) is 9.02. The summed E-state index contributed by atoms with van der Waals surface area (Å²) in [5.41, 5.74) is 2.64. The Morgan fingerprint density at radius 2 is 1.50 bits per heavy atom. The maximum absolute atomic E-state index is 12.3. The number of halogens is 1. The fraction of sp³-hybridized carbons (Fsp3) is 0. The lowest BCUT2D eigenvalue weighted by Crippen LogP contribution is -2.32. The van der Waals surface area contributed by atoms with E-state index in [4.69, 9.17) is 23.8 Å². The van der Waals surface area contributed by atoms with Crippen molar-refractivity contribution in [3.8, 4) is 0 Å². The Kier molecular flexibility index (Phi) is 7.32. The highest BCUT2D eigenvalue weighted by Gasteiger charge is 2.07. The summed E-state index contributed by atoms with van der Waals surface area (Å²) in [4.78, 5) is 24.3. The van der Waals surface area contributed by atoms with Crippen LogP contribution in [0.15, 0.2) is 84.9 Å². The molecule has 0 aliphatic carbocycles. The minimum absolute atomic E-state index is 0.146. The van der Waals surface area contributed by atoms with Gasteiger partial charge in [-0.15, -0.1) is 0 Å². The summed E-state index contributed by atoms with van der Waals surface area (Å²) < 4.78 is 0. The van der Waals surface area contributed by atoms with Crippen LogP contribution in [0.4, 0.5) is 11.4 Å². The third-order valence-electron chi connectivity index (χ3n) is 3.95. The van der Waals surface area contributed by atoms with Crippen molar-refractivity contribution in [1.82, 2.24) is 5.32 Å². The van der Waals surface area contributed by atoms with Gasteiger partial charge in [-0.05, 0) is 66.3 Å². The Bertz CT molecular complexity index is 1080. The van der Waals surface area contributed by atoms with Crippen LogP contribution < -0.4 is 16.0 Å². The van der Waals surface area contributed by atoms with E-state index in [1.54, 1.807) is 78.9 Å². The number of nitrogens with one attached hydrogen (secondary N) is 3. The number of rotatable bonds is 5. The van der Waals surface area contributed by atoms with E-state index in [9.17, 15) is 9.59 Å². The van der Waals surface area contributed by atoms with Gasteiger partial charge < -0.3 is 10.6 Å². The van der Waals surface area contributed by atoms with Gasteiger partial charge in [-0.3, -0.25) is 14.9 Å². The molecular formula is C23H18ClN3O2S. The van der Waals surface area contributed by atoms with Gasteiger partial charge >= 0.3 is 0 Å². The Morgan fingerprint density at radius 3 is 2.20 bits per heavy atom. The van der Waals surface area contributed by atoms with Crippen LogP contribution in [0.5, 0.6) is 0 Å². The van der Waals surface area contributed by atoms with E-state index in [-0.39, 0.29) is 16.9 Å². The molecule has 2 amide bonds. The zero-order valence-corrected chi connectivity index (χ0v) is 17.3. The van der Waals surface area contributed by atoms with E-state index in [2.05, 4.69) is 16.0 Å². The number of hydrogen-bond acceptors (Lipinski definition) is 3. The monoisotopic (exact) mass is 435 g/mol. The predicted molar refractivity (Wildman–Crippen MR) is 126 cm³/mol. The molecule has 3 rings (SSSR count). The van der Waals surface area contributed by atoms with Gasteiger partial charge in [0.2, 0.25) is 5.91 Å². The van der Waals surface area contributed by atoms with E-state index >= 15 is 0 Å². The average Bonchev–Trinajstić information content (AvgIpc) is 2.74. The third kappa shape index (κ3) is 6.55. The molecule has 5 nitrogen and oxygen atoms in total. The van der Waals surface area contributed by atoms with E-state index in [0.29, 0.717) is 22.0 Å². The maximum Gasteiger partial charge on any atom is 0.255 e. The summed E-state index contributed by atoms with van der Waals surface area (Å²) in [6, 6.07) is 23.1. The average molecular weight is 436 g/mol. The topological polar surface area (TPSA) is 70.2 Å². The highest BCUT2D eigenvalue weighted by Crippen LogP contribution is 2.16. The Balaban J connectivity index is 1.55. The summed E-state index contributed by atoms with van der Waals surface area (Å²) in [5.74, 6) is -0.577. The normalized spacial score (nSPS) is 10.4. The van der Waals surface area contributed by atoms with Crippen molar-refractivity contribution in [3.05, 3.63) is 101 Å². The first kappa shape index (κ1) is 21.2. The van der Waals surface area contributed by atoms with Gasteiger partial charge in [0.1, 0.15) is 0 Å². The molecular weight excluding hydrogens is 418 g/mol.